The van der Waals surface area contributed by atoms with E-state index in [2.05, 4.69) is 234 Å². The number of furan rings is 1. The Hall–Kier alpha value is -8.32. The lowest BCUT2D eigenvalue weighted by atomic mass is 10.1. The van der Waals surface area contributed by atoms with E-state index in [9.17, 15) is 0 Å². The molecule has 6 heteroatoms. The van der Waals surface area contributed by atoms with Crippen molar-refractivity contribution in [1.82, 2.24) is 19.1 Å². The lowest BCUT2D eigenvalue weighted by molar-refractivity contribution is 0.669. The van der Waals surface area contributed by atoms with Crippen LogP contribution in [-0.4, -0.2) is 27.2 Å². The lowest BCUT2D eigenvalue weighted by Crippen LogP contribution is -2.74. The predicted octanol–water partition coefficient (Wildman–Crippen LogP) is 11.6. The molecular weight excluding hydrogens is 797 g/mol. The van der Waals surface area contributed by atoms with Crippen molar-refractivity contribution in [3.8, 4) is 23.0 Å². The molecule has 0 bridgehead atoms. The average Bonchev–Trinajstić information content (AvgIpc) is 4.03. The quantitative estimate of drug-likeness (QED) is 0.119. The van der Waals surface area contributed by atoms with Crippen molar-refractivity contribution in [3.63, 3.8) is 0 Å². The number of hydrogen-bond acceptors (Lipinski definition) is 3. The summed E-state index contributed by atoms with van der Waals surface area (Å²) in [6.07, 6.45) is 0. The Morgan fingerprint density at radius 2 is 0.797 bits per heavy atom. The van der Waals surface area contributed by atoms with Crippen LogP contribution >= 0.6 is 0 Å². The van der Waals surface area contributed by atoms with E-state index < -0.39 is 8.07 Å². The first-order chi connectivity index (χ1) is 31.7. The van der Waals surface area contributed by atoms with Gasteiger partial charge in [0.25, 0.3) is 0 Å². The van der Waals surface area contributed by atoms with Crippen molar-refractivity contribution < 1.29 is 4.42 Å². The largest absolute Gasteiger partial charge is 0.456 e. The first-order valence-corrected chi connectivity index (χ1v) is 23.7. The topological polar surface area (TPSA) is 48.8 Å². The zero-order chi connectivity index (χ0) is 42.2. The molecule has 0 aliphatic rings. The Morgan fingerprint density at radius 3 is 1.39 bits per heavy atom. The molecule has 13 aromatic rings. The van der Waals surface area contributed by atoms with Gasteiger partial charge in [-0.25, -0.2) is 4.98 Å². The highest BCUT2D eigenvalue weighted by Crippen LogP contribution is 2.36. The van der Waals surface area contributed by atoms with Gasteiger partial charge in [-0.3, -0.25) is 9.13 Å². The van der Waals surface area contributed by atoms with Crippen LogP contribution in [0.5, 0.6) is 0 Å². The molecule has 4 aromatic heterocycles. The number of benzene rings is 9. The fourth-order valence-electron chi connectivity index (χ4n) is 10.3. The van der Waals surface area contributed by atoms with Crippen LogP contribution in [0.4, 0.5) is 0 Å². The van der Waals surface area contributed by atoms with Crippen molar-refractivity contribution in [2.45, 2.75) is 0 Å². The summed E-state index contributed by atoms with van der Waals surface area (Å²) in [7, 11) is -3.02. The first-order valence-electron chi connectivity index (χ1n) is 21.7. The molecule has 0 N–H and O–H groups in total. The van der Waals surface area contributed by atoms with Crippen molar-refractivity contribution in [3.05, 3.63) is 231 Å². The van der Waals surface area contributed by atoms with E-state index in [1.807, 2.05) is 6.07 Å². The van der Waals surface area contributed by atoms with Gasteiger partial charge in [-0.1, -0.05) is 188 Å². The predicted molar refractivity (Wildman–Crippen MR) is 267 cm³/mol. The lowest BCUT2D eigenvalue weighted by Gasteiger charge is -2.34. The highest BCUT2D eigenvalue weighted by Gasteiger charge is 2.42. The minimum Gasteiger partial charge on any atom is -0.456 e. The molecule has 0 amide bonds. The van der Waals surface area contributed by atoms with E-state index in [0.29, 0.717) is 5.95 Å². The number of hydrogen-bond donors (Lipinski definition) is 0. The molecule has 0 radical (unpaired) electrons. The molecule has 0 fully saturated rings. The molecule has 5 nitrogen and oxygen atoms in total. The maximum Gasteiger partial charge on any atom is 0.237 e. The molecule has 0 saturated carbocycles. The molecule has 0 spiro atoms. The molecular formula is C58H38N4OSi. The smallest absolute Gasteiger partial charge is 0.237 e. The molecule has 4 heterocycles. The Labute approximate surface area is 369 Å². The second-order valence-electron chi connectivity index (χ2n) is 16.5. The van der Waals surface area contributed by atoms with Crippen molar-refractivity contribution in [1.29, 1.82) is 0 Å². The number of rotatable bonds is 7. The van der Waals surface area contributed by atoms with E-state index in [0.717, 1.165) is 71.9 Å². The van der Waals surface area contributed by atoms with Gasteiger partial charge < -0.3 is 4.42 Å². The van der Waals surface area contributed by atoms with Crippen LogP contribution in [0.15, 0.2) is 235 Å². The summed E-state index contributed by atoms with van der Waals surface area (Å²) in [4.78, 5) is 11.1. The van der Waals surface area contributed by atoms with Gasteiger partial charge in [-0.2, -0.15) is 4.98 Å². The summed E-state index contributed by atoms with van der Waals surface area (Å²) in [5.41, 5.74) is 7.94. The zero-order valence-electron chi connectivity index (χ0n) is 34.6. The van der Waals surface area contributed by atoms with E-state index >= 15 is 0 Å². The van der Waals surface area contributed by atoms with Crippen molar-refractivity contribution in [2.75, 3.05) is 0 Å². The molecule has 9 aromatic carbocycles. The standard InChI is InChI=1S/C58H38N4OSi/c1-3-19-40(20-4-1)64(41-21-5-2-6-22-41,43-34-35-56-49(37-43)48-28-11-16-33-55(48)63-56)42-23-17-18-39(36-42)50-38-57(61-51-29-12-7-24-44(51)45-25-8-13-30-52(45)61)60-58(59-50)62-53-31-14-9-26-46(53)47-27-10-15-32-54(47)62/h1-38H. The molecule has 13 rings (SSSR count). The monoisotopic (exact) mass is 834 g/mol. The van der Waals surface area contributed by atoms with Gasteiger partial charge in [0.2, 0.25) is 5.95 Å². The van der Waals surface area contributed by atoms with Crippen LogP contribution in [0.2, 0.25) is 0 Å². The maximum absolute atomic E-state index is 6.40. The van der Waals surface area contributed by atoms with Crippen LogP contribution in [0.3, 0.4) is 0 Å². The summed E-state index contributed by atoms with van der Waals surface area (Å²) < 4.78 is 10.9. The molecule has 0 unspecified atom stereocenters. The van der Waals surface area contributed by atoms with E-state index in [4.69, 9.17) is 14.4 Å². The SMILES string of the molecule is c1ccc([Si](c2ccccc2)(c2cccc(-c3cc(-n4c5ccccc5c5ccccc54)nc(-n4c5ccccc5c5ccccc54)n3)c2)c2ccc3oc4ccccc4c3c2)cc1. The van der Waals surface area contributed by atoms with Gasteiger partial charge >= 0.3 is 0 Å². The molecule has 300 valence electrons. The second-order valence-corrected chi connectivity index (χ2v) is 20.3. The van der Waals surface area contributed by atoms with Gasteiger partial charge in [0.15, 0.2) is 8.07 Å². The van der Waals surface area contributed by atoms with Crippen LogP contribution < -0.4 is 20.7 Å². The molecule has 0 atom stereocenters. The molecule has 0 saturated heterocycles. The average molecular weight is 835 g/mol. The van der Waals surface area contributed by atoms with Gasteiger partial charge in [0.05, 0.1) is 27.8 Å². The summed E-state index contributed by atoms with van der Waals surface area (Å²) in [5.74, 6) is 1.42. The normalized spacial score (nSPS) is 12.1. The van der Waals surface area contributed by atoms with Crippen molar-refractivity contribution in [2.24, 2.45) is 0 Å². The summed E-state index contributed by atoms with van der Waals surface area (Å²) in [6, 6.07) is 83.1. The van der Waals surface area contributed by atoms with E-state index in [1.165, 1.54) is 31.5 Å². The van der Waals surface area contributed by atoms with E-state index in [1.54, 1.807) is 0 Å². The summed E-state index contributed by atoms with van der Waals surface area (Å²) >= 11 is 0. The first kappa shape index (κ1) is 36.3. The number of nitrogens with zero attached hydrogens (tertiary/aromatic N) is 4. The fraction of sp³-hybridized carbons (Fsp3) is 0. The third-order valence-electron chi connectivity index (χ3n) is 13.1. The van der Waals surface area contributed by atoms with Crippen LogP contribution in [-0.2, 0) is 0 Å². The summed E-state index contributed by atoms with van der Waals surface area (Å²) in [6.45, 7) is 0. The third-order valence-corrected chi connectivity index (χ3v) is 17.9. The van der Waals surface area contributed by atoms with Gasteiger partial charge in [-0.15, -0.1) is 0 Å². The van der Waals surface area contributed by atoms with Crippen LogP contribution in [0, 0.1) is 0 Å². The fourth-order valence-corrected chi connectivity index (χ4v) is 15.1. The van der Waals surface area contributed by atoms with Crippen LogP contribution in [0.1, 0.15) is 0 Å². The van der Waals surface area contributed by atoms with Crippen molar-refractivity contribution >= 4 is 94.4 Å². The Morgan fingerprint density at radius 1 is 0.328 bits per heavy atom. The third kappa shape index (κ3) is 5.43. The highest BCUT2D eigenvalue weighted by atomic mass is 28.3. The second kappa shape index (κ2) is 14.4. The zero-order valence-corrected chi connectivity index (χ0v) is 35.6. The highest BCUT2D eigenvalue weighted by molar-refractivity contribution is 7.20. The number of para-hydroxylation sites is 5. The molecule has 0 aliphatic carbocycles. The number of aromatic nitrogens is 4. The van der Waals surface area contributed by atoms with Gasteiger partial charge in [0.1, 0.15) is 17.0 Å². The minimum absolute atomic E-state index is 0.615. The minimum atomic E-state index is -3.02. The molecule has 64 heavy (non-hydrogen) atoms. The Kier molecular flexibility index (Phi) is 8.16. The number of fused-ring (bicyclic) bond motifs is 9. The van der Waals surface area contributed by atoms with Crippen LogP contribution in [0.25, 0.3) is 88.6 Å². The van der Waals surface area contributed by atoms with Gasteiger partial charge in [-0.05, 0) is 57.1 Å². The van der Waals surface area contributed by atoms with Gasteiger partial charge in [0, 0.05) is 43.9 Å². The maximum atomic E-state index is 6.40. The Balaban J connectivity index is 1.11. The molecule has 0 aliphatic heterocycles. The Bertz CT molecular complexity index is 3640. The summed E-state index contributed by atoms with van der Waals surface area (Å²) in [5, 5.41) is 12.1. The van der Waals surface area contributed by atoms with E-state index in [-0.39, 0.29) is 0 Å².